The summed E-state index contributed by atoms with van der Waals surface area (Å²) in [4.78, 5) is 25.2. The van der Waals surface area contributed by atoms with Gasteiger partial charge in [0, 0.05) is 30.0 Å². The molecule has 3 N–H and O–H groups in total. The molecule has 0 radical (unpaired) electrons. The molecule has 7 heteroatoms. The number of carboxylic acid groups (broad SMARTS) is 1. The van der Waals surface area contributed by atoms with Crippen molar-refractivity contribution in [3.63, 3.8) is 0 Å². The number of aliphatic hydroxyl groups is 1. The minimum atomic E-state index is -1.13. The number of carbonyl (C=O) groups is 2. The molecule has 0 saturated carbocycles. The van der Waals surface area contributed by atoms with Gasteiger partial charge in [-0.1, -0.05) is 18.2 Å². The van der Waals surface area contributed by atoms with Gasteiger partial charge in [0.1, 0.15) is 11.4 Å². The van der Waals surface area contributed by atoms with Crippen LogP contribution in [0.5, 0.6) is 5.75 Å². The molecule has 1 aromatic rings. The molecule has 1 aliphatic heterocycles. The van der Waals surface area contributed by atoms with Gasteiger partial charge in [0.15, 0.2) is 0 Å². The highest BCUT2D eigenvalue weighted by atomic mass is 16.6. The van der Waals surface area contributed by atoms with Crippen molar-refractivity contribution in [2.45, 2.75) is 45.6 Å². The molecule has 28 heavy (non-hydrogen) atoms. The molecular weight excluding hydrogens is 362 g/mol. The van der Waals surface area contributed by atoms with Crippen molar-refractivity contribution < 1.29 is 29.3 Å². The Morgan fingerprint density at radius 3 is 2.32 bits per heavy atom. The van der Waals surface area contributed by atoms with Crippen LogP contribution < -0.4 is 10.1 Å². The number of ether oxygens (including phenoxy) is 2. The smallest absolute Gasteiger partial charge is 0.337 e. The molecule has 1 unspecified atom stereocenters. The quantitative estimate of drug-likeness (QED) is 0.616. The number of benzene rings is 1. The van der Waals surface area contributed by atoms with Gasteiger partial charge in [-0.3, -0.25) is 0 Å². The lowest BCUT2D eigenvalue weighted by atomic mass is 9.80. The highest BCUT2D eigenvalue weighted by Gasteiger charge is 2.40. The fourth-order valence-electron chi connectivity index (χ4n) is 3.39. The Bertz CT molecular complexity index is 837. The van der Waals surface area contributed by atoms with E-state index >= 15 is 0 Å². The SMILES string of the molecule is COc1ccccc1C1C(C(=O)O)=C(C)NC(C)=C1C(=O)OC(C)(C)CCO. The summed E-state index contributed by atoms with van der Waals surface area (Å²) in [7, 11) is 1.50. The molecule has 1 heterocycles. The van der Waals surface area contributed by atoms with Crippen LogP contribution in [-0.4, -0.2) is 41.5 Å². The number of aliphatic carboxylic acids is 1. The third kappa shape index (κ3) is 4.36. The molecule has 1 aliphatic rings. The van der Waals surface area contributed by atoms with Crippen molar-refractivity contribution in [3.8, 4) is 5.75 Å². The monoisotopic (exact) mass is 389 g/mol. The summed E-state index contributed by atoms with van der Waals surface area (Å²) >= 11 is 0. The van der Waals surface area contributed by atoms with E-state index in [1.54, 1.807) is 52.0 Å². The number of hydrogen-bond acceptors (Lipinski definition) is 6. The molecule has 1 atom stereocenters. The second kappa shape index (κ2) is 8.48. The third-order valence-corrected chi connectivity index (χ3v) is 4.74. The number of hydrogen-bond donors (Lipinski definition) is 3. The van der Waals surface area contributed by atoms with Crippen LogP contribution in [0.15, 0.2) is 46.8 Å². The molecule has 0 spiro atoms. The maximum absolute atomic E-state index is 13.1. The predicted molar refractivity (Wildman–Crippen MR) is 104 cm³/mol. The van der Waals surface area contributed by atoms with Gasteiger partial charge in [-0.15, -0.1) is 0 Å². The Hall–Kier alpha value is -2.80. The van der Waals surface area contributed by atoms with Crippen molar-refractivity contribution in [1.82, 2.24) is 5.32 Å². The van der Waals surface area contributed by atoms with E-state index in [0.717, 1.165) is 0 Å². The number of para-hydroxylation sites is 1. The molecule has 0 saturated heterocycles. The average Bonchev–Trinajstić information content (AvgIpc) is 2.59. The zero-order valence-corrected chi connectivity index (χ0v) is 16.8. The van der Waals surface area contributed by atoms with Crippen LogP contribution in [-0.2, 0) is 14.3 Å². The summed E-state index contributed by atoms with van der Waals surface area (Å²) < 4.78 is 11.0. The van der Waals surface area contributed by atoms with Gasteiger partial charge in [0.2, 0.25) is 0 Å². The first-order valence-electron chi connectivity index (χ1n) is 9.02. The lowest BCUT2D eigenvalue weighted by Gasteiger charge is -2.32. The van der Waals surface area contributed by atoms with Crippen LogP contribution >= 0.6 is 0 Å². The lowest BCUT2D eigenvalue weighted by Crippen LogP contribution is -2.36. The fourth-order valence-corrected chi connectivity index (χ4v) is 3.39. The van der Waals surface area contributed by atoms with E-state index in [4.69, 9.17) is 9.47 Å². The first-order valence-corrected chi connectivity index (χ1v) is 9.02. The summed E-state index contributed by atoms with van der Waals surface area (Å²) in [5, 5.41) is 22.1. The molecule has 0 aromatic heterocycles. The predicted octanol–water partition coefficient (Wildman–Crippen LogP) is 2.72. The Morgan fingerprint density at radius 2 is 1.75 bits per heavy atom. The van der Waals surface area contributed by atoms with E-state index in [1.807, 2.05) is 0 Å². The molecule has 2 rings (SSSR count). The number of carboxylic acids is 1. The van der Waals surface area contributed by atoms with Crippen molar-refractivity contribution >= 4 is 11.9 Å². The van der Waals surface area contributed by atoms with Crippen molar-refractivity contribution in [3.05, 3.63) is 52.4 Å². The Kier molecular flexibility index (Phi) is 6.51. The summed E-state index contributed by atoms with van der Waals surface area (Å²) in [5.41, 5.74) is 0.898. The fraction of sp³-hybridized carbons (Fsp3) is 0.429. The molecule has 0 aliphatic carbocycles. The Labute approximate surface area is 164 Å². The van der Waals surface area contributed by atoms with E-state index in [-0.39, 0.29) is 24.2 Å². The van der Waals surface area contributed by atoms with Crippen LogP contribution in [0.1, 0.15) is 45.6 Å². The number of methoxy groups -OCH3 is 1. The summed E-state index contributed by atoms with van der Waals surface area (Å²) in [6, 6.07) is 7.01. The Morgan fingerprint density at radius 1 is 1.14 bits per heavy atom. The second-order valence-electron chi connectivity index (χ2n) is 7.31. The van der Waals surface area contributed by atoms with E-state index in [1.165, 1.54) is 7.11 Å². The third-order valence-electron chi connectivity index (χ3n) is 4.74. The van der Waals surface area contributed by atoms with E-state index < -0.39 is 23.5 Å². The molecule has 0 bridgehead atoms. The summed E-state index contributed by atoms with van der Waals surface area (Å²) in [5.74, 6) is -2.14. The number of allylic oxidation sites excluding steroid dienone is 2. The van der Waals surface area contributed by atoms with Crippen LogP contribution in [0.25, 0.3) is 0 Å². The Balaban J connectivity index is 2.62. The van der Waals surface area contributed by atoms with Crippen LogP contribution in [0.4, 0.5) is 0 Å². The molecular formula is C21H27NO6. The first-order chi connectivity index (χ1) is 13.1. The number of aliphatic hydroxyl groups excluding tert-OH is 1. The standard InChI is InChI=1S/C21H27NO6/c1-12-16(19(24)25)18(14-8-6-7-9-15(14)27-5)17(13(2)22-12)20(26)28-21(3,4)10-11-23/h6-9,18,22-23H,10-11H2,1-5H3,(H,24,25). The summed E-state index contributed by atoms with van der Waals surface area (Å²) in [6.45, 7) is 6.63. The summed E-state index contributed by atoms with van der Waals surface area (Å²) in [6.07, 6.45) is 0.262. The molecule has 7 nitrogen and oxygen atoms in total. The molecule has 0 fully saturated rings. The number of carbonyl (C=O) groups excluding carboxylic acids is 1. The topological polar surface area (TPSA) is 105 Å². The van der Waals surface area contributed by atoms with Crippen molar-refractivity contribution in [2.24, 2.45) is 0 Å². The number of dihydropyridines is 1. The number of rotatable bonds is 7. The van der Waals surface area contributed by atoms with E-state index in [0.29, 0.717) is 22.7 Å². The average molecular weight is 389 g/mol. The normalized spacial score (nSPS) is 17.3. The van der Waals surface area contributed by atoms with Crippen LogP contribution in [0.3, 0.4) is 0 Å². The van der Waals surface area contributed by atoms with Gasteiger partial charge < -0.3 is 25.0 Å². The van der Waals surface area contributed by atoms with Gasteiger partial charge in [0.05, 0.1) is 24.2 Å². The molecule has 0 amide bonds. The maximum Gasteiger partial charge on any atom is 0.337 e. The van der Waals surface area contributed by atoms with Crippen LogP contribution in [0.2, 0.25) is 0 Å². The second-order valence-corrected chi connectivity index (χ2v) is 7.31. The molecule has 1 aromatic carbocycles. The van der Waals surface area contributed by atoms with Gasteiger partial charge in [-0.05, 0) is 33.8 Å². The zero-order chi connectivity index (χ0) is 21.1. The van der Waals surface area contributed by atoms with Gasteiger partial charge in [-0.25, -0.2) is 9.59 Å². The highest BCUT2D eigenvalue weighted by Crippen LogP contribution is 2.42. The van der Waals surface area contributed by atoms with Crippen molar-refractivity contribution in [1.29, 1.82) is 0 Å². The van der Waals surface area contributed by atoms with Gasteiger partial charge >= 0.3 is 11.9 Å². The van der Waals surface area contributed by atoms with Crippen LogP contribution in [0, 0.1) is 0 Å². The van der Waals surface area contributed by atoms with Crippen molar-refractivity contribution in [2.75, 3.05) is 13.7 Å². The zero-order valence-electron chi connectivity index (χ0n) is 16.8. The highest BCUT2D eigenvalue weighted by molar-refractivity contribution is 5.99. The first kappa shape index (κ1) is 21.5. The minimum absolute atomic E-state index is 0.0574. The molecule has 152 valence electrons. The number of esters is 1. The minimum Gasteiger partial charge on any atom is -0.496 e. The maximum atomic E-state index is 13.1. The largest absolute Gasteiger partial charge is 0.496 e. The number of nitrogens with one attached hydrogen (secondary N) is 1. The van der Waals surface area contributed by atoms with E-state index in [9.17, 15) is 19.8 Å². The van der Waals surface area contributed by atoms with Gasteiger partial charge in [-0.2, -0.15) is 0 Å². The lowest BCUT2D eigenvalue weighted by molar-refractivity contribution is -0.153. The van der Waals surface area contributed by atoms with Gasteiger partial charge in [0.25, 0.3) is 0 Å². The van der Waals surface area contributed by atoms with E-state index in [2.05, 4.69) is 5.32 Å².